The third kappa shape index (κ3) is 4.00. The Balaban J connectivity index is 1.73. The van der Waals surface area contributed by atoms with Gasteiger partial charge in [-0.25, -0.2) is 0 Å². The zero-order chi connectivity index (χ0) is 18.5. The van der Waals surface area contributed by atoms with Gasteiger partial charge in [-0.3, -0.25) is 9.59 Å². The number of aryl methyl sites for hydroxylation is 1. The number of fused-ring (bicyclic) bond motifs is 1. The van der Waals surface area contributed by atoms with E-state index in [0.29, 0.717) is 11.4 Å². The number of carbonyl (C=O) groups excluding carboxylic acids is 2. The van der Waals surface area contributed by atoms with Crippen LogP contribution in [0.15, 0.2) is 59.0 Å². The zero-order valence-electron chi connectivity index (χ0n) is 14.7. The Morgan fingerprint density at radius 1 is 1.00 bits per heavy atom. The van der Waals surface area contributed by atoms with Gasteiger partial charge in [-0.05, 0) is 36.4 Å². The summed E-state index contributed by atoms with van der Waals surface area (Å²) in [6.07, 6.45) is 4.03. The molecule has 3 aromatic rings. The smallest absolute Gasteiger partial charge is 0.248 e. The van der Waals surface area contributed by atoms with Crippen molar-refractivity contribution in [2.24, 2.45) is 0 Å². The minimum absolute atomic E-state index is 0.135. The number of para-hydroxylation sites is 1. The van der Waals surface area contributed by atoms with Gasteiger partial charge in [0, 0.05) is 41.7 Å². The molecule has 1 aromatic heterocycles. The maximum absolute atomic E-state index is 12.2. The first-order chi connectivity index (χ1) is 12.6. The van der Waals surface area contributed by atoms with Gasteiger partial charge in [0.25, 0.3) is 0 Å². The highest BCUT2D eigenvalue weighted by atomic mass is 16.3. The number of rotatable bonds is 5. The molecule has 0 bridgehead atoms. The van der Waals surface area contributed by atoms with E-state index in [4.69, 9.17) is 4.42 Å². The molecule has 0 radical (unpaired) electrons. The lowest BCUT2D eigenvalue weighted by Gasteiger charge is -2.05. The van der Waals surface area contributed by atoms with Crippen LogP contribution in [-0.4, -0.2) is 11.8 Å². The van der Waals surface area contributed by atoms with Crippen molar-refractivity contribution in [3.05, 3.63) is 65.9 Å². The van der Waals surface area contributed by atoms with Crippen LogP contribution in [0.4, 0.5) is 11.4 Å². The van der Waals surface area contributed by atoms with Gasteiger partial charge < -0.3 is 15.1 Å². The second-order valence-corrected chi connectivity index (χ2v) is 5.87. The third-order valence-electron chi connectivity index (χ3n) is 3.91. The number of furan rings is 1. The molecule has 3 rings (SSSR count). The van der Waals surface area contributed by atoms with Crippen molar-refractivity contribution >= 4 is 40.2 Å². The summed E-state index contributed by atoms with van der Waals surface area (Å²) in [5, 5.41) is 6.48. The van der Waals surface area contributed by atoms with Crippen LogP contribution < -0.4 is 10.6 Å². The first kappa shape index (κ1) is 17.5. The molecule has 0 aliphatic carbocycles. The van der Waals surface area contributed by atoms with E-state index in [1.54, 1.807) is 30.3 Å². The predicted molar refractivity (Wildman–Crippen MR) is 104 cm³/mol. The molecule has 1 heterocycles. The van der Waals surface area contributed by atoms with Gasteiger partial charge in [-0.1, -0.05) is 25.1 Å². The van der Waals surface area contributed by atoms with Gasteiger partial charge in [-0.2, -0.15) is 0 Å². The predicted octanol–water partition coefficient (Wildman–Crippen LogP) is 4.61. The van der Waals surface area contributed by atoms with E-state index < -0.39 is 0 Å². The summed E-state index contributed by atoms with van der Waals surface area (Å²) in [4.78, 5) is 23.2. The molecule has 0 spiro atoms. The third-order valence-corrected chi connectivity index (χ3v) is 3.91. The van der Waals surface area contributed by atoms with Gasteiger partial charge in [0.05, 0.1) is 0 Å². The Morgan fingerprint density at radius 2 is 1.65 bits per heavy atom. The van der Waals surface area contributed by atoms with Crippen molar-refractivity contribution in [1.82, 2.24) is 0 Å². The van der Waals surface area contributed by atoms with Crippen LogP contribution in [0.1, 0.15) is 25.2 Å². The van der Waals surface area contributed by atoms with E-state index in [9.17, 15) is 9.59 Å². The zero-order valence-corrected chi connectivity index (χ0v) is 14.7. The summed E-state index contributed by atoms with van der Waals surface area (Å²) < 4.78 is 5.83. The summed E-state index contributed by atoms with van der Waals surface area (Å²) >= 11 is 0. The topological polar surface area (TPSA) is 71.3 Å². The normalized spacial score (nSPS) is 11.0. The molecular weight excluding hydrogens is 328 g/mol. The molecule has 0 saturated carbocycles. The van der Waals surface area contributed by atoms with Crippen LogP contribution in [0.2, 0.25) is 0 Å². The van der Waals surface area contributed by atoms with Gasteiger partial charge in [0.2, 0.25) is 11.8 Å². The van der Waals surface area contributed by atoms with Crippen molar-refractivity contribution in [3.8, 4) is 0 Å². The van der Waals surface area contributed by atoms with Crippen molar-refractivity contribution in [2.75, 3.05) is 10.6 Å². The number of benzene rings is 2. The molecule has 2 amide bonds. The van der Waals surface area contributed by atoms with E-state index in [1.165, 1.54) is 13.0 Å². The van der Waals surface area contributed by atoms with Crippen LogP contribution in [0.25, 0.3) is 17.0 Å². The number of amides is 2. The summed E-state index contributed by atoms with van der Waals surface area (Å²) in [6, 6.07) is 14.7. The molecule has 0 fully saturated rings. The van der Waals surface area contributed by atoms with Crippen LogP contribution in [0, 0.1) is 0 Å². The molecule has 5 heteroatoms. The molecule has 2 N–H and O–H groups in total. The van der Waals surface area contributed by atoms with E-state index in [2.05, 4.69) is 10.6 Å². The number of nitrogens with one attached hydrogen (secondary N) is 2. The minimum Gasteiger partial charge on any atom is -0.460 e. The quantitative estimate of drug-likeness (QED) is 0.662. The Hall–Kier alpha value is -3.34. The van der Waals surface area contributed by atoms with Crippen molar-refractivity contribution in [3.63, 3.8) is 0 Å². The standard InChI is InChI=1S/C21H20N2O3/c1-3-19-18(17-6-4-5-7-20(17)26-19)12-13-21(25)23-16-10-8-15(9-11-16)22-14(2)24/h4-13H,3H2,1-2H3,(H,22,24)(H,23,25)/b13-12+. The molecule has 132 valence electrons. The lowest BCUT2D eigenvalue weighted by molar-refractivity contribution is -0.114. The van der Waals surface area contributed by atoms with Gasteiger partial charge in [-0.15, -0.1) is 0 Å². The van der Waals surface area contributed by atoms with E-state index in [0.717, 1.165) is 28.7 Å². The molecule has 0 aliphatic heterocycles. The summed E-state index contributed by atoms with van der Waals surface area (Å²) in [5.74, 6) is 0.489. The number of carbonyl (C=O) groups is 2. The molecular formula is C21H20N2O3. The maximum atomic E-state index is 12.2. The summed E-state index contributed by atoms with van der Waals surface area (Å²) in [6.45, 7) is 3.47. The number of hydrogen-bond acceptors (Lipinski definition) is 3. The average molecular weight is 348 g/mol. The lowest BCUT2D eigenvalue weighted by Crippen LogP contribution is -2.08. The second kappa shape index (κ2) is 7.70. The number of anilines is 2. The first-order valence-corrected chi connectivity index (χ1v) is 8.44. The van der Waals surface area contributed by atoms with E-state index >= 15 is 0 Å². The molecule has 0 unspecified atom stereocenters. The molecule has 0 atom stereocenters. The van der Waals surface area contributed by atoms with E-state index in [-0.39, 0.29) is 11.8 Å². The van der Waals surface area contributed by atoms with Gasteiger partial charge in [0.15, 0.2) is 0 Å². The monoisotopic (exact) mass is 348 g/mol. The number of hydrogen-bond donors (Lipinski definition) is 2. The van der Waals surface area contributed by atoms with Crippen LogP contribution >= 0.6 is 0 Å². The molecule has 5 nitrogen and oxygen atoms in total. The van der Waals surface area contributed by atoms with Crippen LogP contribution in [0.5, 0.6) is 0 Å². The average Bonchev–Trinajstić information content (AvgIpc) is 2.99. The Morgan fingerprint density at radius 3 is 2.31 bits per heavy atom. The molecule has 26 heavy (non-hydrogen) atoms. The molecule has 0 aliphatic rings. The fourth-order valence-corrected chi connectivity index (χ4v) is 2.74. The highest BCUT2D eigenvalue weighted by molar-refractivity contribution is 6.03. The Labute approximate surface area is 151 Å². The summed E-state index contributed by atoms with van der Waals surface area (Å²) in [7, 11) is 0. The summed E-state index contributed by atoms with van der Waals surface area (Å²) in [5.41, 5.74) is 3.09. The molecule has 2 aromatic carbocycles. The minimum atomic E-state index is -0.232. The van der Waals surface area contributed by atoms with Gasteiger partial charge >= 0.3 is 0 Å². The van der Waals surface area contributed by atoms with Crippen molar-refractivity contribution in [1.29, 1.82) is 0 Å². The fourth-order valence-electron chi connectivity index (χ4n) is 2.74. The molecule has 0 saturated heterocycles. The fraction of sp³-hybridized carbons (Fsp3) is 0.143. The second-order valence-electron chi connectivity index (χ2n) is 5.87. The Bertz CT molecular complexity index is 969. The highest BCUT2D eigenvalue weighted by Gasteiger charge is 2.10. The largest absolute Gasteiger partial charge is 0.460 e. The van der Waals surface area contributed by atoms with Crippen LogP contribution in [-0.2, 0) is 16.0 Å². The SMILES string of the molecule is CCc1oc2ccccc2c1/C=C/C(=O)Nc1ccc(NC(C)=O)cc1. The Kier molecular flexibility index (Phi) is 5.17. The van der Waals surface area contributed by atoms with Crippen molar-refractivity contribution < 1.29 is 14.0 Å². The van der Waals surface area contributed by atoms with E-state index in [1.807, 2.05) is 31.2 Å². The lowest BCUT2D eigenvalue weighted by atomic mass is 10.1. The first-order valence-electron chi connectivity index (χ1n) is 8.44. The van der Waals surface area contributed by atoms with Crippen LogP contribution in [0.3, 0.4) is 0 Å². The highest BCUT2D eigenvalue weighted by Crippen LogP contribution is 2.27. The van der Waals surface area contributed by atoms with Gasteiger partial charge in [0.1, 0.15) is 11.3 Å². The van der Waals surface area contributed by atoms with Crippen molar-refractivity contribution in [2.45, 2.75) is 20.3 Å². The maximum Gasteiger partial charge on any atom is 0.248 e.